The molecule has 3 N–H and O–H groups in total. The summed E-state index contributed by atoms with van der Waals surface area (Å²) in [6.45, 7) is 0. The second-order valence-electron chi connectivity index (χ2n) is 4.21. The van der Waals surface area contributed by atoms with Gasteiger partial charge in [0.1, 0.15) is 11.9 Å². The first-order valence-electron chi connectivity index (χ1n) is 5.68. The molecule has 0 aliphatic heterocycles. The van der Waals surface area contributed by atoms with Crippen molar-refractivity contribution >= 4 is 5.82 Å². The maximum Gasteiger partial charge on any atom is 0.144 e. The highest BCUT2D eigenvalue weighted by Gasteiger charge is 2.22. The Morgan fingerprint density at radius 2 is 2.25 bits per heavy atom. The largest absolute Gasteiger partial charge is 0.365 e. The number of hydrogen-bond donors (Lipinski definition) is 2. The fourth-order valence-electron chi connectivity index (χ4n) is 2.12. The summed E-state index contributed by atoms with van der Waals surface area (Å²) < 4.78 is 0. The Kier molecular flexibility index (Phi) is 3.37. The van der Waals surface area contributed by atoms with Crippen LogP contribution in [0, 0.1) is 11.3 Å². The molecule has 0 aromatic carbocycles. The number of nitrogens with one attached hydrogen (secondary N) is 1. The normalized spacial score (nSPS) is 24.8. The Bertz CT molecular complexity index is 396. The zero-order chi connectivity index (χ0) is 11.4. The highest BCUT2D eigenvalue weighted by atomic mass is 15.0. The van der Waals surface area contributed by atoms with Crippen molar-refractivity contribution in [3.05, 3.63) is 23.9 Å². The van der Waals surface area contributed by atoms with Gasteiger partial charge in [-0.3, -0.25) is 0 Å². The van der Waals surface area contributed by atoms with Gasteiger partial charge in [0.2, 0.25) is 0 Å². The molecule has 2 atom stereocenters. The summed E-state index contributed by atoms with van der Waals surface area (Å²) in [6, 6.07) is 6.08. The van der Waals surface area contributed by atoms with E-state index >= 15 is 0 Å². The average molecular weight is 216 g/mol. The van der Waals surface area contributed by atoms with Crippen molar-refractivity contribution in [1.82, 2.24) is 4.98 Å². The van der Waals surface area contributed by atoms with Gasteiger partial charge in [0.05, 0.1) is 5.56 Å². The predicted octanol–water partition coefficient (Wildman–Crippen LogP) is 1.64. The SMILES string of the molecule is N#Cc1cccnc1NC1CCCCC1N. The van der Waals surface area contributed by atoms with Gasteiger partial charge in [-0.15, -0.1) is 0 Å². The fourth-order valence-corrected chi connectivity index (χ4v) is 2.12. The van der Waals surface area contributed by atoms with Gasteiger partial charge in [-0.05, 0) is 25.0 Å². The van der Waals surface area contributed by atoms with E-state index in [2.05, 4.69) is 16.4 Å². The first-order chi connectivity index (χ1) is 7.81. The Labute approximate surface area is 95.5 Å². The van der Waals surface area contributed by atoms with Crippen LogP contribution in [0.4, 0.5) is 5.82 Å². The first kappa shape index (κ1) is 10.9. The lowest BCUT2D eigenvalue weighted by molar-refractivity contribution is 0.403. The summed E-state index contributed by atoms with van der Waals surface area (Å²) in [7, 11) is 0. The Hall–Kier alpha value is -1.60. The zero-order valence-electron chi connectivity index (χ0n) is 9.19. The number of nitriles is 1. The van der Waals surface area contributed by atoms with Gasteiger partial charge < -0.3 is 11.1 Å². The molecular formula is C12H16N4. The van der Waals surface area contributed by atoms with Gasteiger partial charge in [-0.25, -0.2) is 4.98 Å². The van der Waals surface area contributed by atoms with Crippen LogP contribution in [0.25, 0.3) is 0 Å². The Morgan fingerprint density at radius 1 is 1.44 bits per heavy atom. The van der Waals surface area contributed by atoms with Crippen LogP contribution in [0.5, 0.6) is 0 Å². The molecule has 1 aromatic rings. The second kappa shape index (κ2) is 4.95. The molecule has 1 saturated carbocycles. The highest BCUT2D eigenvalue weighted by molar-refractivity contribution is 5.51. The van der Waals surface area contributed by atoms with Gasteiger partial charge in [-0.2, -0.15) is 5.26 Å². The van der Waals surface area contributed by atoms with Crippen LogP contribution in [-0.4, -0.2) is 17.1 Å². The topological polar surface area (TPSA) is 74.7 Å². The molecule has 16 heavy (non-hydrogen) atoms. The maximum absolute atomic E-state index is 8.95. The van der Waals surface area contributed by atoms with Crippen molar-refractivity contribution in [3.8, 4) is 6.07 Å². The molecule has 2 unspecified atom stereocenters. The molecule has 1 aliphatic rings. The van der Waals surface area contributed by atoms with Crippen LogP contribution in [0.1, 0.15) is 31.2 Å². The number of aromatic nitrogens is 1. The van der Waals surface area contributed by atoms with Gasteiger partial charge in [-0.1, -0.05) is 12.8 Å². The summed E-state index contributed by atoms with van der Waals surface area (Å²) in [4.78, 5) is 4.19. The number of rotatable bonds is 2. The minimum absolute atomic E-state index is 0.169. The third-order valence-electron chi connectivity index (χ3n) is 3.07. The lowest BCUT2D eigenvalue weighted by atomic mass is 9.91. The molecule has 2 rings (SSSR count). The maximum atomic E-state index is 8.95. The molecule has 84 valence electrons. The van der Waals surface area contributed by atoms with Crippen LogP contribution >= 0.6 is 0 Å². The van der Waals surface area contributed by atoms with E-state index in [0.29, 0.717) is 11.4 Å². The summed E-state index contributed by atoms with van der Waals surface area (Å²) in [5.74, 6) is 0.660. The van der Waals surface area contributed by atoms with E-state index in [1.165, 1.54) is 12.8 Å². The van der Waals surface area contributed by atoms with Gasteiger partial charge >= 0.3 is 0 Å². The summed E-state index contributed by atoms with van der Waals surface area (Å²) in [6.07, 6.45) is 6.19. The lowest BCUT2D eigenvalue weighted by Gasteiger charge is -2.29. The van der Waals surface area contributed by atoms with Gasteiger partial charge in [0.15, 0.2) is 0 Å². The predicted molar refractivity (Wildman–Crippen MR) is 62.8 cm³/mol. The Balaban J connectivity index is 2.11. The molecule has 4 heteroatoms. The van der Waals surface area contributed by atoms with Crippen molar-refractivity contribution in [2.75, 3.05) is 5.32 Å². The lowest BCUT2D eigenvalue weighted by Crippen LogP contribution is -2.42. The van der Waals surface area contributed by atoms with Crippen LogP contribution in [0.2, 0.25) is 0 Å². The number of anilines is 1. The standard InChI is InChI=1S/C12H16N4/c13-8-9-4-3-7-15-12(9)16-11-6-2-1-5-10(11)14/h3-4,7,10-11H,1-2,5-6,14H2,(H,15,16). The summed E-state index contributed by atoms with van der Waals surface area (Å²) >= 11 is 0. The number of hydrogen-bond acceptors (Lipinski definition) is 4. The third kappa shape index (κ3) is 2.31. The summed E-state index contributed by atoms with van der Waals surface area (Å²) in [5.41, 5.74) is 6.63. The van der Waals surface area contributed by atoms with Crippen molar-refractivity contribution in [1.29, 1.82) is 5.26 Å². The molecule has 0 spiro atoms. The number of pyridine rings is 1. The van der Waals surface area contributed by atoms with Crippen LogP contribution in [0.15, 0.2) is 18.3 Å². The van der Waals surface area contributed by atoms with Crippen molar-refractivity contribution in [2.24, 2.45) is 5.73 Å². The Morgan fingerprint density at radius 3 is 3.00 bits per heavy atom. The molecule has 1 aromatic heterocycles. The number of nitrogens with zero attached hydrogens (tertiary/aromatic N) is 2. The van der Waals surface area contributed by atoms with E-state index < -0.39 is 0 Å². The number of nitrogens with two attached hydrogens (primary N) is 1. The van der Waals surface area contributed by atoms with Crippen molar-refractivity contribution < 1.29 is 0 Å². The first-order valence-corrected chi connectivity index (χ1v) is 5.68. The van der Waals surface area contributed by atoms with Gasteiger partial charge in [0.25, 0.3) is 0 Å². The molecule has 0 amide bonds. The molecule has 0 saturated heterocycles. The van der Waals surface area contributed by atoms with Crippen LogP contribution in [0.3, 0.4) is 0 Å². The third-order valence-corrected chi connectivity index (χ3v) is 3.07. The van der Waals surface area contributed by atoms with E-state index in [1.54, 1.807) is 18.3 Å². The second-order valence-corrected chi connectivity index (χ2v) is 4.21. The van der Waals surface area contributed by atoms with Crippen LogP contribution in [-0.2, 0) is 0 Å². The molecular weight excluding hydrogens is 200 g/mol. The highest BCUT2D eigenvalue weighted by Crippen LogP contribution is 2.21. The molecule has 1 fully saturated rings. The van der Waals surface area contributed by atoms with E-state index in [4.69, 9.17) is 11.0 Å². The zero-order valence-corrected chi connectivity index (χ0v) is 9.19. The van der Waals surface area contributed by atoms with Gasteiger partial charge in [0, 0.05) is 18.3 Å². The minimum Gasteiger partial charge on any atom is -0.365 e. The van der Waals surface area contributed by atoms with E-state index in [9.17, 15) is 0 Å². The van der Waals surface area contributed by atoms with Crippen molar-refractivity contribution in [2.45, 2.75) is 37.8 Å². The monoisotopic (exact) mass is 216 g/mol. The molecule has 4 nitrogen and oxygen atoms in total. The molecule has 1 aliphatic carbocycles. The average Bonchev–Trinajstić information content (AvgIpc) is 2.33. The van der Waals surface area contributed by atoms with E-state index in [1.807, 2.05) is 0 Å². The smallest absolute Gasteiger partial charge is 0.144 e. The fraction of sp³-hybridized carbons (Fsp3) is 0.500. The minimum atomic E-state index is 0.169. The molecule has 0 radical (unpaired) electrons. The molecule has 0 bridgehead atoms. The van der Waals surface area contributed by atoms with Crippen molar-refractivity contribution in [3.63, 3.8) is 0 Å². The van der Waals surface area contributed by atoms with E-state index in [-0.39, 0.29) is 12.1 Å². The molecule has 1 heterocycles. The van der Waals surface area contributed by atoms with E-state index in [0.717, 1.165) is 12.8 Å². The van der Waals surface area contributed by atoms with Crippen LogP contribution < -0.4 is 11.1 Å². The summed E-state index contributed by atoms with van der Waals surface area (Å²) in [5, 5.41) is 12.2. The quantitative estimate of drug-likeness (QED) is 0.788.